The maximum Gasteiger partial charge on any atom is 0.318 e. The topological polar surface area (TPSA) is 68.3 Å². The number of ether oxygens (including phenoxy) is 1. The normalized spacial score (nSPS) is 22.7. The highest BCUT2D eigenvalue weighted by Gasteiger charge is 2.31. The second kappa shape index (κ2) is 13.9. The number of hydrogen-bond acceptors (Lipinski definition) is 8. The molecule has 11 heteroatoms. The fourth-order valence-electron chi connectivity index (χ4n) is 7.50. The van der Waals surface area contributed by atoms with E-state index in [1.165, 1.54) is 6.42 Å². The van der Waals surface area contributed by atoms with Crippen molar-refractivity contribution in [2.45, 2.75) is 51.4 Å². The van der Waals surface area contributed by atoms with E-state index in [9.17, 15) is 9.18 Å². The summed E-state index contributed by atoms with van der Waals surface area (Å²) in [5.41, 5.74) is 3.97. The van der Waals surface area contributed by atoms with Crippen LogP contribution in [-0.2, 0) is 17.8 Å². The largest absolute Gasteiger partial charge is 0.462 e. The van der Waals surface area contributed by atoms with Crippen LogP contribution in [-0.4, -0.2) is 115 Å². The zero-order valence-corrected chi connectivity index (χ0v) is 28.3. The fourth-order valence-corrected chi connectivity index (χ4v) is 7.77. The minimum absolute atomic E-state index is 0.0551. The number of rotatable bonds is 8. The van der Waals surface area contributed by atoms with E-state index in [0.717, 1.165) is 76.6 Å². The first-order valence-electron chi connectivity index (χ1n) is 17.1. The smallest absolute Gasteiger partial charge is 0.318 e. The molecule has 9 nitrogen and oxygen atoms in total. The van der Waals surface area contributed by atoms with Crippen LogP contribution in [0.25, 0.3) is 10.8 Å². The predicted molar refractivity (Wildman–Crippen MR) is 185 cm³/mol. The number of piperazine rings is 1. The van der Waals surface area contributed by atoms with E-state index < -0.39 is 6.17 Å². The highest BCUT2D eigenvalue weighted by atomic mass is 35.5. The molecule has 2 atom stereocenters. The molecule has 250 valence electrons. The van der Waals surface area contributed by atoms with Crippen LogP contribution in [0, 0.1) is 0 Å². The summed E-state index contributed by atoms with van der Waals surface area (Å²) in [6, 6.07) is 13.2. The van der Waals surface area contributed by atoms with Crippen LogP contribution < -0.4 is 14.5 Å². The Balaban J connectivity index is 1.10. The summed E-state index contributed by atoms with van der Waals surface area (Å²) >= 11 is 6.72. The van der Waals surface area contributed by atoms with Gasteiger partial charge >= 0.3 is 6.01 Å². The molecule has 2 aromatic carbocycles. The Labute approximate surface area is 281 Å². The molecule has 1 aromatic heterocycles. The number of likely N-dealkylation sites (N-methyl/N-ethyl adjacent to an activating group) is 1. The molecule has 47 heavy (non-hydrogen) atoms. The number of anilines is 2. The third kappa shape index (κ3) is 6.91. The van der Waals surface area contributed by atoms with Gasteiger partial charge in [-0.3, -0.25) is 9.69 Å². The summed E-state index contributed by atoms with van der Waals surface area (Å²) in [4.78, 5) is 34.3. The van der Waals surface area contributed by atoms with Gasteiger partial charge in [-0.25, -0.2) is 4.39 Å². The second-order valence-corrected chi connectivity index (χ2v) is 13.8. The van der Waals surface area contributed by atoms with Crippen LogP contribution in [0.15, 0.2) is 48.0 Å². The Morgan fingerprint density at radius 3 is 2.57 bits per heavy atom. The Kier molecular flexibility index (Phi) is 9.52. The number of hydrogen-bond donors (Lipinski definition) is 0. The van der Waals surface area contributed by atoms with Crippen molar-refractivity contribution in [1.29, 1.82) is 0 Å². The summed E-state index contributed by atoms with van der Waals surface area (Å²) < 4.78 is 19.9. The Morgan fingerprint density at radius 2 is 1.83 bits per heavy atom. The van der Waals surface area contributed by atoms with Crippen molar-refractivity contribution in [2.75, 3.05) is 82.4 Å². The first-order chi connectivity index (χ1) is 22.8. The fraction of sp³-hybridized carbons (Fsp3) is 0.528. The van der Waals surface area contributed by atoms with Gasteiger partial charge in [0.2, 0.25) is 5.91 Å². The zero-order valence-electron chi connectivity index (χ0n) is 27.5. The third-order valence-corrected chi connectivity index (χ3v) is 10.7. The molecule has 5 heterocycles. The van der Waals surface area contributed by atoms with Crippen LogP contribution >= 0.6 is 11.6 Å². The molecule has 4 aliphatic rings. The number of halogens is 2. The minimum atomic E-state index is -0.755. The molecule has 0 spiro atoms. The molecule has 4 aliphatic heterocycles. The molecular weight excluding hydrogens is 617 g/mol. The molecule has 1 unspecified atom stereocenters. The van der Waals surface area contributed by atoms with E-state index in [2.05, 4.69) is 50.9 Å². The van der Waals surface area contributed by atoms with Gasteiger partial charge in [-0.15, -0.1) is 0 Å². The lowest BCUT2D eigenvalue weighted by atomic mass is 10.0. The highest BCUT2D eigenvalue weighted by Crippen LogP contribution is 2.37. The first-order valence-corrected chi connectivity index (χ1v) is 17.4. The quantitative estimate of drug-likeness (QED) is 0.314. The molecule has 0 saturated carbocycles. The lowest BCUT2D eigenvalue weighted by Gasteiger charge is -2.38. The number of aromatic nitrogens is 2. The number of benzene rings is 2. The Morgan fingerprint density at radius 1 is 1.02 bits per heavy atom. The molecule has 3 aromatic rings. The van der Waals surface area contributed by atoms with E-state index in [-0.39, 0.29) is 5.91 Å². The number of carbonyl (C=O) groups excluding carboxylic acids is 1. The van der Waals surface area contributed by atoms with Gasteiger partial charge in [0.1, 0.15) is 18.6 Å². The molecule has 0 radical (unpaired) electrons. The van der Waals surface area contributed by atoms with Gasteiger partial charge in [0.05, 0.1) is 17.3 Å². The molecule has 3 saturated heterocycles. The van der Waals surface area contributed by atoms with Gasteiger partial charge in [0, 0.05) is 80.6 Å². The Bertz CT molecular complexity index is 1640. The van der Waals surface area contributed by atoms with Crippen molar-refractivity contribution in [3.05, 3.63) is 64.3 Å². The minimum Gasteiger partial charge on any atom is -0.462 e. The SMILES string of the molecule is C/C(=C\CN1CCC(F)C1)C(=O)N1CCN(c2nc(OC[C@@H]3CCCN3C)nc3c2CCN(c2cccc4cccc(Cl)c24)C3)CC1. The standard InChI is InChI=1S/C36H45ClFN7O2/c1-25(11-15-42-16-12-27(38)22-42)35(46)44-20-18-43(19-21-44)34-29-13-17-45(32-10-4-7-26-6-3-9-30(37)33(26)32)23-31(29)39-36(40-34)47-24-28-8-5-14-41(28)2/h3-4,6-7,9-11,27-28H,5,8,12-24H2,1-2H3/b25-11+/t27?,28-/m0/s1. The second-order valence-electron chi connectivity index (χ2n) is 13.4. The summed E-state index contributed by atoms with van der Waals surface area (Å²) in [6.07, 6.45) is 4.87. The Hall–Kier alpha value is -3.47. The number of fused-ring (bicyclic) bond motifs is 2. The summed E-state index contributed by atoms with van der Waals surface area (Å²) in [5, 5.41) is 2.93. The molecular formula is C36H45ClFN7O2. The van der Waals surface area contributed by atoms with Gasteiger partial charge in [-0.05, 0) is 63.7 Å². The van der Waals surface area contributed by atoms with Gasteiger partial charge in [-0.1, -0.05) is 41.9 Å². The van der Waals surface area contributed by atoms with Crippen LogP contribution in [0.5, 0.6) is 6.01 Å². The van der Waals surface area contributed by atoms with Crippen molar-refractivity contribution < 1.29 is 13.9 Å². The van der Waals surface area contributed by atoms with Gasteiger partial charge in [0.15, 0.2) is 0 Å². The lowest BCUT2D eigenvalue weighted by Crippen LogP contribution is -2.50. The highest BCUT2D eigenvalue weighted by molar-refractivity contribution is 6.36. The lowest BCUT2D eigenvalue weighted by molar-refractivity contribution is -0.127. The predicted octanol–water partition coefficient (Wildman–Crippen LogP) is 4.96. The number of alkyl halides is 1. The molecule has 0 N–H and O–H groups in total. The summed E-state index contributed by atoms with van der Waals surface area (Å²) in [5.74, 6) is 0.981. The number of carbonyl (C=O) groups is 1. The van der Waals surface area contributed by atoms with Crippen molar-refractivity contribution in [1.82, 2.24) is 24.7 Å². The van der Waals surface area contributed by atoms with Crippen molar-refractivity contribution in [2.24, 2.45) is 0 Å². The van der Waals surface area contributed by atoms with Crippen LogP contribution in [0.4, 0.5) is 15.9 Å². The molecule has 0 aliphatic carbocycles. The van der Waals surface area contributed by atoms with E-state index in [1.54, 1.807) is 0 Å². The van der Waals surface area contributed by atoms with Gasteiger partial charge in [0.25, 0.3) is 0 Å². The van der Waals surface area contributed by atoms with Gasteiger partial charge < -0.3 is 24.3 Å². The van der Waals surface area contributed by atoms with Crippen LogP contribution in [0.2, 0.25) is 5.02 Å². The van der Waals surface area contributed by atoms with Gasteiger partial charge in [-0.2, -0.15) is 9.97 Å². The monoisotopic (exact) mass is 661 g/mol. The van der Waals surface area contributed by atoms with E-state index in [1.807, 2.05) is 30.0 Å². The number of likely N-dealkylation sites (tertiary alicyclic amines) is 2. The van der Waals surface area contributed by atoms with Crippen molar-refractivity contribution in [3.8, 4) is 6.01 Å². The number of nitrogens with zero attached hydrogens (tertiary/aromatic N) is 7. The molecule has 7 rings (SSSR count). The van der Waals surface area contributed by atoms with E-state index in [4.69, 9.17) is 26.3 Å². The molecule has 3 fully saturated rings. The van der Waals surface area contributed by atoms with Crippen LogP contribution in [0.1, 0.15) is 37.4 Å². The first kappa shape index (κ1) is 32.1. The third-order valence-electron chi connectivity index (χ3n) is 10.3. The zero-order chi connectivity index (χ0) is 32.5. The maximum absolute atomic E-state index is 13.6. The average molecular weight is 662 g/mol. The maximum atomic E-state index is 13.6. The van der Waals surface area contributed by atoms with Crippen molar-refractivity contribution >= 4 is 39.8 Å². The average Bonchev–Trinajstić information content (AvgIpc) is 3.71. The molecule has 0 bridgehead atoms. The van der Waals surface area contributed by atoms with Crippen LogP contribution in [0.3, 0.4) is 0 Å². The number of amides is 1. The summed E-state index contributed by atoms with van der Waals surface area (Å²) in [7, 11) is 2.15. The van der Waals surface area contributed by atoms with E-state index >= 15 is 0 Å². The summed E-state index contributed by atoms with van der Waals surface area (Å²) in [6.45, 7) is 9.40. The van der Waals surface area contributed by atoms with E-state index in [0.29, 0.717) is 70.9 Å². The molecule has 1 amide bonds. The van der Waals surface area contributed by atoms with Crippen molar-refractivity contribution in [3.63, 3.8) is 0 Å².